The predicted octanol–water partition coefficient (Wildman–Crippen LogP) is 4.10. The maximum Gasteiger partial charge on any atom is 0.132 e. The van der Waals surface area contributed by atoms with Crippen LogP contribution in [-0.4, -0.2) is 12.9 Å². The highest BCUT2D eigenvalue weighted by atomic mass is 32.2. The van der Waals surface area contributed by atoms with E-state index in [1.165, 1.54) is 10.5 Å². The summed E-state index contributed by atoms with van der Waals surface area (Å²) in [5.74, 6) is 0.998. The molecule has 0 aromatic heterocycles. The summed E-state index contributed by atoms with van der Waals surface area (Å²) in [6, 6.07) is 6.47. The van der Waals surface area contributed by atoms with Crippen molar-refractivity contribution in [3.05, 3.63) is 23.8 Å². The van der Waals surface area contributed by atoms with Crippen molar-refractivity contribution < 1.29 is 4.74 Å². The fraction of sp³-hybridized carbons (Fsp3) is 0.538. The lowest BCUT2D eigenvalue weighted by Crippen LogP contribution is -2.11. The van der Waals surface area contributed by atoms with Crippen LogP contribution in [0, 0.1) is 0 Å². The van der Waals surface area contributed by atoms with E-state index in [0.29, 0.717) is 0 Å². The monoisotopic (exact) mass is 224 g/mol. The lowest BCUT2D eigenvalue weighted by molar-refractivity contribution is 0.332. The number of benzene rings is 1. The summed E-state index contributed by atoms with van der Waals surface area (Å²) >= 11 is 1.74. The van der Waals surface area contributed by atoms with Crippen molar-refractivity contribution in [2.24, 2.45) is 0 Å². The Hall–Kier alpha value is -0.630. The van der Waals surface area contributed by atoms with Crippen molar-refractivity contribution >= 4 is 11.8 Å². The number of thioether (sulfide) groups is 1. The van der Waals surface area contributed by atoms with Gasteiger partial charge in [0.05, 0.1) is 6.61 Å². The predicted molar refractivity (Wildman–Crippen MR) is 68.1 cm³/mol. The van der Waals surface area contributed by atoms with Crippen LogP contribution in [0.15, 0.2) is 23.1 Å². The normalized spacial score (nSPS) is 11.5. The van der Waals surface area contributed by atoms with Crippen LogP contribution in [0.5, 0.6) is 5.75 Å². The van der Waals surface area contributed by atoms with Gasteiger partial charge in [-0.3, -0.25) is 0 Å². The third-order valence-corrected chi connectivity index (χ3v) is 3.09. The molecule has 0 aliphatic heterocycles. The van der Waals surface area contributed by atoms with E-state index in [1.54, 1.807) is 11.8 Å². The fourth-order valence-corrected chi connectivity index (χ4v) is 1.98. The van der Waals surface area contributed by atoms with Gasteiger partial charge in [0.15, 0.2) is 0 Å². The van der Waals surface area contributed by atoms with Crippen molar-refractivity contribution in [3.63, 3.8) is 0 Å². The molecule has 0 unspecified atom stereocenters. The Morgan fingerprint density at radius 2 is 1.93 bits per heavy atom. The van der Waals surface area contributed by atoms with Gasteiger partial charge in [-0.05, 0) is 36.3 Å². The van der Waals surface area contributed by atoms with Gasteiger partial charge in [0.25, 0.3) is 0 Å². The maximum absolute atomic E-state index is 5.57. The van der Waals surface area contributed by atoms with Crippen LogP contribution in [0.1, 0.15) is 33.3 Å². The number of ether oxygens (including phenoxy) is 1. The third-order valence-electron chi connectivity index (χ3n) is 2.33. The molecule has 0 atom stereocenters. The summed E-state index contributed by atoms with van der Waals surface area (Å²) in [4.78, 5) is 1.23. The van der Waals surface area contributed by atoms with Gasteiger partial charge in [0.2, 0.25) is 0 Å². The minimum Gasteiger partial charge on any atom is -0.493 e. The standard InChI is InChI=1S/C13H20OS/c1-6-14-11-8-7-10(13(2,3)4)9-12(11)15-5/h7-9H,6H2,1-5H3. The summed E-state index contributed by atoms with van der Waals surface area (Å²) in [7, 11) is 0. The lowest BCUT2D eigenvalue weighted by atomic mass is 9.87. The second-order valence-electron chi connectivity index (χ2n) is 4.55. The molecule has 84 valence electrons. The first kappa shape index (κ1) is 12.4. The molecule has 1 aromatic rings. The zero-order chi connectivity index (χ0) is 11.5. The highest BCUT2D eigenvalue weighted by Crippen LogP contribution is 2.33. The molecule has 0 saturated carbocycles. The van der Waals surface area contributed by atoms with E-state index >= 15 is 0 Å². The maximum atomic E-state index is 5.57. The molecule has 0 aliphatic carbocycles. The number of hydrogen-bond acceptors (Lipinski definition) is 2. The Balaban J connectivity index is 3.08. The van der Waals surface area contributed by atoms with Crippen LogP contribution >= 0.6 is 11.8 Å². The molecule has 0 heterocycles. The molecule has 1 nitrogen and oxygen atoms in total. The first-order chi connectivity index (χ1) is 6.99. The molecule has 0 radical (unpaired) electrons. The van der Waals surface area contributed by atoms with E-state index in [9.17, 15) is 0 Å². The molecule has 1 rings (SSSR count). The highest BCUT2D eigenvalue weighted by molar-refractivity contribution is 7.98. The molecule has 0 saturated heterocycles. The molecular formula is C13H20OS. The van der Waals surface area contributed by atoms with Crippen LogP contribution < -0.4 is 4.74 Å². The molecule has 0 bridgehead atoms. The summed E-state index contributed by atoms with van der Waals surface area (Å²) in [6.45, 7) is 9.43. The molecule has 0 spiro atoms. The smallest absolute Gasteiger partial charge is 0.132 e. The summed E-state index contributed by atoms with van der Waals surface area (Å²) < 4.78 is 5.57. The van der Waals surface area contributed by atoms with Gasteiger partial charge in [-0.15, -0.1) is 11.8 Å². The van der Waals surface area contributed by atoms with E-state index < -0.39 is 0 Å². The van der Waals surface area contributed by atoms with E-state index in [4.69, 9.17) is 4.74 Å². The largest absolute Gasteiger partial charge is 0.493 e. The Morgan fingerprint density at radius 3 is 2.40 bits per heavy atom. The molecule has 0 N–H and O–H groups in total. The SMILES string of the molecule is CCOc1ccc(C(C)(C)C)cc1SC. The van der Waals surface area contributed by atoms with Crippen LogP contribution in [0.25, 0.3) is 0 Å². The summed E-state index contributed by atoms with van der Waals surface area (Å²) in [5, 5.41) is 0. The molecule has 2 heteroatoms. The van der Waals surface area contributed by atoms with Crippen LogP contribution in [0.3, 0.4) is 0 Å². The van der Waals surface area contributed by atoms with Crippen LogP contribution in [-0.2, 0) is 5.41 Å². The summed E-state index contributed by atoms with van der Waals surface area (Å²) in [6.07, 6.45) is 2.09. The van der Waals surface area contributed by atoms with E-state index in [1.807, 2.05) is 6.92 Å². The van der Waals surface area contributed by atoms with Crippen LogP contribution in [0.4, 0.5) is 0 Å². The number of hydrogen-bond donors (Lipinski definition) is 0. The second-order valence-corrected chi connectivity index (χ2v) is 5.40. The van der Waals surface area contributed by atoms with Gasteiger partial charge in [-0.2, -0.15) is 0 Å². The van der Waals surface area contributed by atoms with E-state index in [2.05, 4.69) is 45.2 Å². The number of rotatable bonds is 3. The van der Waals surface area contributed by atoms with Gasteiger partial charge < -0.3 is 4.74 Å². The van der Waals surface area contributed by atoms with Crippen molar-refractivity contribution in [1.82, 2.24) is 0 Å². The van der Waals surface area contributed by atoms with Crippen molar-refractivity contribution in [1.29, 1.82) is 0 Å². The minimum atomic E-state index is 0.204. The molecule has 0 aliphatic rings. The Kier molecular flexibility index (Phi) is 4.09. The minimum absolute atomic E-state index is 0.204. The third kappa shape index (κ3) is 3.16. The zero-order valence-electron chi connectivity index (χ0n) is 10.3. The average molecular weight is 224 g/mol. The second kappa shape index (κ2) is 4.93. The van der Waals surface area contributed by atoms with Gasteiger partial charge >= 0.3 is 0 Å². The molecule has 1 aromatic carbocycles. The summed E-state index contributed by atoms with van der Waals surface area (Å²) in [5.41, 5.74) is 1.56. The Morgan fingerprint density at radius 1 is 1.27 bits per heavy atom. The quantitative estimate of drug-likeness (QED) is 0.715. The van der Waals surface area contributed by atoms with Gasteiger partial charge in [0.1, 0.15) is 5.75 Å². The van der Waals surface area contributed by atoms with Crippen molar-refractivity contribution in [2.45, 2.75) is 38.0 Å². The van der Waals surface area contributed by atoms with Crippen molar-refractivity contribution in [2.75, 3.05) is 12.9 Å². The molecule has 15 heavy (non-hydrogen) atoms. The molecular weight excluding hydrogens is 204 g/mol. The zero-order valence-corrected chi connectivity index (χ0v) is 11.1. The first-order valence-corrected chi connectivity index (χ1v) is 6.53. The van der Waals surface area contributed by atoms with Crippen LogP contribution in [0.2, 0.25) is 0 Å². The van der Waals surface area contributed by atoms with Gasteiger partial charge in [-0.1, -0.05) is 26.8 Å². The van der Waals surface area contributed by atoms with E-state index in [0.717, 1.165) is 12.4 Å². The topological polar surface area (TPSA) is 9.23 Å². The first-order valence-electron chi connectivity index (χ1n) is 5.30. The lowest BCUT2D eigenvalue weighted by Gasteiger charge is -2.20. The molecule has 0 fully saturated rings. The van der Waals surface area contributed by atoms with Gasteiger partial charge in [0, 0.05) is 4.90 Å². The fourth-order valence-electron chi connectivity index (χ4n) is 1.41. The average Bonchev–Trinajstić information content (AvgIpc) is 2.17. The van der Waals surface area contributed by atoms with Crippen molar-refractivity contribution in [3.8, 4) is 5.75 Å². The van der Waals surface area contributed by atoms with Gasteiger partial charge in [-0.25, -0.2) is 0 Å². The molecule has 0 amide bonds. The Labute approximate surface area is 97.2 Å². The highest BCUT2D eigenvalue weighted by Gasteiger charge is 2.15. The van der Waals surface area contributed by atoms with E-state index in [-0.39, 0.29) is 5.41 Å². The Bertz CT molecular complexity index is 326.